The number of ketones is 1. The van der Waals surface area contributed by atoms with Crippen LogP contribution in [-0.4, -0.2) is 53.7 Å². The van der Waals surface area contributed by atoms with E-state index >= 15 is 0 Å². The number of rotatable bonds is 7. The molecule has 1 saturated heterocycles. The molecule has 2 unspecified atom stereocenters. The van der Waals surface area contributed by atoms with Crippen molar-refractivity contribution in [3.05, 3.63) is 0 Å². The van der Waals surface area contributed by atoms with Crippen LogP contribution in [0.3, 0.4) is 0 Å². The van der Waals surface area contributed by atoms with E-state index in [1.165, 1.54) is 4.90 Å². The van der Waals surface area contributed by atoms with Crippen molar-refractivity contribution in [2.45, 2.75) is 63.8 Å². The summed E-state index contributed by atoms with van der Waals surface area (Å²) in [6, 6.07) is 0. The zero-order valence-electron chi connectivity index (χ0n) is 14.8. The molecule has 0 bridgehead atoms. The summed E-state index contributed by atoms with van der Waals surface area (Å²) in [6.45, 7) is 12.1. The summed E-state index contributed by atoms with van der Waals surface area (Å²) >= 11 is 0. The van der Waals surface area contributed by atoms with Crippen LogP contribution in [0.25, 0.3) is 0 Å². The van der Waals surface area contributed by atoms with Crippen LogP contribution in [0, 0.1) is 5.92 Å². The van der Waals surface area contributed by atoms with E-state index in [1.54, 1.807) is 6.92 Å². The monoisotopic (exact) mass is 341 g/mol. The van der Waals surface area contributed by atoms with Gasteiger partial charge < -0.3 is 14.8 Å². The summed E-state index contributed by atoms with van der Waals surface area (Å²) in [4.78, 5) is 48.0. The number of nitrogens with zero attached hydrogens (tertiary/aromatic N) is 1. The first kappa shape index (κ1) is 19.5. The minimum Gasteiger partial charge on any atom is -0.481 e. The molecule has 0 saturated carbocycles. The molecule has 23 heavy (non-hydrogen) atoms. The Balaban J connectivity index is 3.39. The molecule has 0 aromatic heterocycles. The van der Waals surface area contributed by atoms with Crippen LogP contribution in [0.1, 0.15) is 40.5 Å². The molecule has 7 heteroatoms. The largest absolute Gasteiger partial charge is 0.481 e. The minimum atomic E-state index is -2.26. The lowest BCUT2D eigenvalue weighted by Gasteiger charge is -2.64. The first-order valence-electron chi connectivity index (χ1n) is 7.81. The first-order valence-corrected chi connectivity index (χ1v) is 10.8. The summed E-state index contributed by atoms with van der Waals surface area (Å²) in [6.07, 6.45) is 0.331. The summed E-state index contributed by atoms with van der Waals surface area (Å²) in [5.74, 6) is -2.29. The van der Waals surface area contributed by atoms with E-state index in [4.69, 9.17) is 5.11 Å². The van der Waals surface area contributed by atoms with Gasteiger partial charge >= 0.3 is 5.97 Å². The van der Waals surface area contributed by atoms with Gasteiger partial charge in [-0.3, -0.25) is 14.4 Å². The molecule has 1 aliphatic heterocycles. The Morgan fingerprint density at radius 1 is 1.39 bits per heavy atom. The second kappa shape index (κ2) is 6.18. The van der Waals surface area contributed by atoms with E-state index in [0.29, 0.717) is 6.29 Å². The van der Waals surface area contributed by atoms with Gasteiger partial charge in [0.2, 0.25) is 5.91 Å². The number of hydrogen-bond acceptors (Lipinski definition) is 4. The van der Waals surface area contributed by atoms with E-state index in [9.17, 15) is 19.2 Å². The van der Waals surface area contributed by atoms with Crippen molar-refractivity contribution >= 4 is 32.0 Å². The fraction of sp³-hybridized carbons (Fsp3) is 0.750. The molecule has 0 radical (unpaired) electrons. The van der Waals surface area contributed by atoms with Crippen molar-refractivity contribution in [2.24, 2.45) is 5.92 Å². The third-order valence-electron chi connectivity index (χ3n) is 5.94. The van der Waals surface area contributed by atoms with E-state index in [1.807, 2.05) is 0 Å². The maximum atomic E-state index is 12.4. The van der Waals surface area contributed by atoms with E-state index in [2.05, 4.69) is 33.9 Å². The van der Waals surface area contributed by atoms with Crippen molar-refractivity contribution in [3.63, 3.8) is 0 Å². The van der Waals surface area contributed by atoms with Crippen LogP contribution in [0.4, 0.5) is 0 Å². The molecule has 130 valence electrons. The highest BCUT2D eigenvalue weighted by Crippen LogP contribution is 2.54. The fourth-order valence-corrected chi connectivity index (χ4v) is 7.62. The highest BCUT2D eigenvalue weighted by molar-refractivity contribution is 6.84. The Labute approximate surface area is 138 Å². The average Bonchev–Trinajstić information content (AvgIpc) is 2.38. The normalized spacial score (nSPS) is 23.2. The van der Waals surface area contributed by atoms with Crippen LogP contribution < -0.4 is 0 Å². The first-order chi connectivity index (χ1) is 10.3. The van der Waals surface area contributed by atoms with E-state index in [-0.39, 0.29) is 29.7 Å². The molecule has 0 aromatic carbocycles. The fourth-order valence-electron chi connectivity index (χ4n) is 3.60. The highest BCUT2D eigenvalue weighted by Gasteiger charge is 2.67. The average molecular weight is 341 g/mol. The number of carbonyl (C=O) groups is 4. The van der Waals surface area contributed by atoms with Crippen LogP contribution in [0.5, 0.6) is 0 Å². The molecule has 0 aliphatic carbocycles. The van der Waals surface area contributed by atoms with Gasteiger partial charge in [0.1, 0.15) is 18.5 Å². The maximum absolute atomic E-state index is 12.4. The second-order valence-electron chi connectivity index (χ2n) is 7.91. The number of carboxylic acid groups (broad SMARTS) is 1. The molecular weight excluding hydrogens is 314 g/mol. The lowest BCUT2D eigenvalue weighted by atomic mass is 9.84. The standard InChI is InChI=1S/C16H27NO5Si/c1-11(12(19)9-14(21)22)16(23(5,6)15(2,3)4)10-13(20)17(16)7-8-18/h8,11H,7,9-10H2,1-6H3,(H,21,22). The number of hydrogen-bond donors (Lipinski definition) is 1. The molecule has 1 aliphatic rings. The number of carboxylic acids is 1. The number of aldehydes is 1. The second-order valence-corrected chi connectivity index (χ2v) is 13.5. The van der Waals surface area contributed by atoms with Crippen LogP contribution >= 0.6 is 0 Å². The van der Waals surface area contributed by atoms with Gasteiger partial charge in [0.05, 0.1) is 19.8 Å². The summed E-state index contributed by atoms with van der Waals surface area (Å²) in [5, 5.41) is 8.10. The Morgan fingerprint density at radius 2 is 1.91 bits per heavy atom. The zero-order chi connectivity index (χ0) is 18.2. The van der Waals surface area contributed by atoms with Crippen molar-refractivity contribution in [3.8, 4) is 0 Å². The van der Waals surface area contributed by atoms with Gasteiger partial charge in [0, 0.05) is 12.3 Å². The Bertz CT molecular complexity index is 537. The maximum Gasteiger partial charge on any atom is 0.310 e. The van der Waals surface area contributed by atoms with Gasteiger partial charge in [-0.15, -0.1) is 0 Å². The molecule has 1 heterocycles. The molecule has 1 rings (SSSR count). The predicted octanol–water partition coefficient (Wildman–Crippen LogP) is 1.88. The predicted molar refractivity (Wildman–Crippen MR) is 88.7 cm³/mol. The Morgan fingerprint density at radius 3 is 2.26 bits per heavy atom. The number of amides is 1. The van der Waals surface area contributed by atoms with E-state index in [0.717, 1.165) is 0 Å². The van der Waals surface area contributed by atoms with Gasteiger partial charge in [0.25, 0.3) is 0 Å². The van der Waals surface area contributed by atoms with Crippen molar-refractivity contribution in [1.82, 2.24) is 4.90 Å². The number of Topliss-reactive ketones (excluding diaryl/α,β-unsaturated/α-hetero) is 1. The van der Waals surface area contributed by atoms with E-state index < -0.39 is 31.5 Å². The number of β-lactam (4-membered cyclic amide) rings is 1. The lowest BCUT2D eigenvalue weighted by molar-refractivity contribution is -0.158. The molecule has 2 atom stereocenters. The quantitative estimate of drug-likeness (QED) is 0.330. The molecular formula is C16H27NO5Si. The third kappa shape index (κ3) is 2.98. The smallest absolute Gasteiger partial charge is 0.310 e. The summed E-state index contributed by atoms with van der Waals surface area (Å²) in [5.41, 5.74) is 0. The zero-order valence-corrected chi connectivity index (χ0v) is 15.8. The molecule has 1 fully saturated rings. The Hall–Kier alpha value is -1.50. The number of aliphatic carboxylic acids is 1. The summed E-state index contributed by atoms with van der Waals surface area (Å²) in [7, 11) is -2.26. The molecule has 0 aromatic rings. The molecule has 1 N–H and O–H groups in total. The third-order valence-corrected chi connectivity index (χ3v) is 12.7. The lowest BCUT2D eigenvalue weighted by Crippen LogP contribution is -2.80. The topological polar surface area (TPSA) is 91.8 Å². The SMILES string of the molecule is CC(C(=O)CC(=O)O)C1([Si](C)(C)C(C)(C)C)CC(=O)N1CC=O. The number of likely N-dealkylation sites (tertiary alicyclic amines) is 1. The van der Waals surface area contributed by atoms with Crippen molar-refractivity contribution < 1.29 is 24.3 Å². The van der Waals surface area contributed by atoms with Crippen LogP contribution in [0.15, 0.2) is 0 Å². The van der Waals surface area contributed by atoms with Crippen molar-refractivity contribution in [2.75, 3.05) is 6.54 Å². The highest BCUT2D eigenvalue weighted by atomic mass is 28.3. The van der Waals surface area contributed by atoms with Gasteiger partial charge in [-0.05, 0) is 5.04 Å². The van der Waals surface area contributed by atoms with Gasteiger partial charge in [-0.2, -0.15) is 0 Å². The van der Waals surface area contributed by atoms with Gasteiger partial charge in [0.15, 0.2) is 0 Å². The van der Waals surface area contributed by atoms with Crippen LogP contribution in [0.2, 0.25) is 18.1 Å². The minimum absolute atomic E-state index is 0.0456. The number of carbonyl (C=O) groups excluding carboxylic acids is 3. The van der Waals surface area contributed by atoms with Gasteiger partial charge in [-0.1, -0.05) is 40.8 Å². The van der Waals surface area contributed by atoms with Crippen LogP contribution in [-0.2, 0) is 19.2 Å². The molecule has 1 amide bonds. The van der Waals surface area contributed by atoms with Gasteiger partial charge in [-0.25, -0.2) is 0 Å². The Kier molecular flexibility index (Phi) is 5.25. The summed E-state index contributed by atoms with van der Waals surface area (Å²) < 4.78 is 0. The van der Waals surface area contributed by atoms with Crippen molar-refractivity contribution in [1.29, 1.82) is 0 Å². The molecule has 6 nitrogen and oxygen atoms in total. The molecule has 0 spiro atoms.